The van der Waals surface area contributed by atoms with E-state index < -0.39 is 11.9 Å². The quantitative estimate of drug-likeness (QED) is 0.600. The maximum atomic E-state index is 12.9. The normalized spacial score (nSPS) is 13.1. The summed E-state index contributed by atoms with van der Waals surface area (Å²) < 4.78 is 11.8. The second kappa shape index (κ2) is 7.61. The van der Waals surface area contributed by atoms with E-state index in [9.17, 15) is 14.4 Å². The van der Waals surface area contributed by atoms with E-state index in [4.69, 9.17) is 9.47 Å². The van der Waals surface area contributed by atoms with Crippen LogP contribution < -0.4 is 4.74 Å². The number of aromatic nitrogens is 2. The number of hydrogen-bond donors (Lipinski definition) is 0. The molecule has 8 heteroatoms. The number of carbonyl (C=O) groups is 3. The molecule has 0 spiro atoms. The highest BCUT2D eigenvalue weighted by molar-refractivity contribution is 5.95. The molecule has 27 heavy (non-hydrogen) atoms. The molecule has 0 unspecified atom stereocenters. The van der Waals surface area contributed by atoms with Gasteiger partial charge in [0.05, 0.1) is 13.2 Å². The van der Waals surface area contributed by atoms with Gasteiger partial charge in [0, 0.05) is 43.8 Å². The molecule has 1 amide bonds. The van der Waals surface area contributed by atoms with Gasteiger partial charge in [-0.25, -0.2) is 4.79 Å². The van der Waals surface area contributed by atoms with Crippen LogP contribution in [0, 0.1) is 0 Å². The smallest absolute Gasteiger partial charge is 0.359 e. The Labute approximate surface area is 156 Å². The van der Waals surface area contributed by atoms with Crippen molar-refractivity contribution in [2.45, 2.75) is 26.8 Å². The van der Waals surface area contributed by atoms with Gasteiger partial charge in [0.15, 0.2) is 5.69 Å². The number of esters is 2. The molecule has 1 aliphatic heterocycles. The molecule has 0 radical (unpaired) electrons. The minimum atomic E-state index is -0.486. The predicted octanol–water partition coefficient (Wildman–Crippen LogP) is 1.72. The topological polar surface area (TPSA) is 90.7 Å². The molecule has 1 aromatic carbocycles. The van der Waals surface area contributed by atoms with Gasteiger partial charge < -0.3 is 14.4 Å². The minimum absolute atomic E-state index is 0.201. The number of amides is 1. The first-order valence-electron chi connectivity index (χ1n) is 8.70. The summed E-state index contributed by atoms with van der Waals surface area (Å²) in [6, 6.07) is 6.48. The first-order valence-corrected chi connectivity index (χ1v) is 8.70. The molecule has 0 N–H and O–H groups in total. The summed E-state index contributed by atoms with van der Waals surface area (Å²) in [5.41, 5.74) is 2.31. The summed E-state index contributed by atoms with van der Waals surface area (Å²) in [4.78, 5) is 37.8. The second-order valence-corrected chi connectivity index (χ2v) is 6.22. The van der Waals surface area contributed by atoms with Crippen molar-refractivity contribution in [2.24, 2.45) is 7.05 Å². The molecule has 2 heterocycles. The highest BCUT2D eigenvalue weighted by atomic mass is 16.5. The molecule has 1 aliphatic rings. The van der Waals surface area contributed by atoms with Gasteiger partial charge in [-0.2, -0.15) is 5.10 Å². The molecule has 1 aromatic heterocycles. The van der Waals surface area contributed by atoms with Crippen LogP contribution in [0.25, 0.3) is 0 Å². The van der Waals surface area contributed by atoms with Crippen LogP contribution >= 0.6 is 0 Å². The molecule has 0 bridgehead atoms. The zero-order chi connectivity index (χ0) is 19.6. The number of fused-ring (bicyclic) bond motifs is 1. The van der Waals surface area contributed by atoms with Gasteiger partial charge in [0.2, 0.25) is 0 Å². The van der Waals surface area contributed by atoms with Crippen molar-refractivity contribution in [3.8, 4) is 5.75 Å². The van der Waals surface area contributed by atoms with Crippen LogP contribution in [0.1, 0.15) is 46.0 Å². The van der Waals surface area contributed by atoms with Crippen LogP contribution in [-0.4, -0.2) is 45.7 Å². The molecule has 8 nitrogen and oxygen atoms in total. The van der Waals surface area contributed by atoms with Gasteiger partial charge >= 0.3 is 11.9 Å². The fourth-order valence-electron chi connectivity index (χ4n) is 3.17. The maximum absolute atomic E-state index is 12.9. The number of rotatable bonds is 4. The third-order valence-electron chi connectivity index (χ3n) is 4.34. The summed E-state index contributed by atoms with van der Waals surface area (Å²) in [5, 5.41) is 4.27. The van der Waals surface area contributed by atoms with E-state index in [0.29, 0.717) is 29.8 Å². The number of carbonyl (C=O) groups excluding carboxylic acids is 3. The van der Waals surface area contributed by atoms with Crippen LogP contribution in [0.2, 0.25) is 0 Å². The molecule has 0 saturated heterocycles. The van der Waals surface area contributed by atoms with E-state index in [2.05, 4.69) is 5.10 Å². The number of aryl methyl sites for hydroxylation is 1. The van der Waals surface area contributed by atoms with E-state index in [-0.39, 0.29) is 24.8 Å². The summed E-state index contributed by atoms with van der Waals surface area (Å²) in [6.07, 6.45) is 0.591. The average Bonchev–Trinajstić information content (AvgIpc) is 2.97. The molecule has 0 fully saturated rings. The fraction of sp³-hybridized carbons (Fsp3) is 0.368. The predicted molar refractivity (Wildman–Crippen MR) is 95.4 cm³/mol. The maximum Gasteiger partial charge on any atom is 0.359 e. The Balaban J connectivity index is 1.84. The largest absolute Gasteiger partial charge is 0.461 e. The minimum Gasteiger partial charge on any atom is -0.461 e. The van der Waals surface area contributed by atoms with Gasteiger partial charge in [-0.05, 0) is 25.1 Å². The van der Waals surface area contributed by atoms with Crippen LogP contribution in [0.5, 0.6) is 5.75 Å². The first-order chi connectivity index (χ1) is 12.9. The summed E-state index contributed by atoms with van der Waals surface area (Å²) in [5.74, 6) is -0.815. The second-order valence-electron chi connectivity index (χ2n) is 6.22. The zero-order valence-corrected chi connectivity index (χ0v) is 15.5. The lowest BCUT2D eigenvalue weighted by molar-refractivity contribution is -0.131. The number of benzene rings is 1. The highest BCUT2D eigenvalue weighted by Crippen LogP contribution is 2.25. The van der Waals surface area contributed by atoms with Crippen molar-refractivity contribution in [1.82, 2.24) is 14.7 Å². The van der Waals surface area contributed by atoms with E-state index in [1.165, 1.54) is 13.0 Å². The SMILES string of the molecule is CCOC(=O)c1nn(C)c2c1CN(C(=O)c1cccc(OC(C)=O)c1)CC2. The Bertz CT molecular complexity index is 903. The van der Waals surface area contributed by atoms with Crippen molar-refractivity contribution in [3.63, 3.8) is 0 Å². The molecular formula is C19H21N3O5. The molecule has 3 rings (SSSR count). The van der Waals surface area contributed by atoms with E-state index in [0.717, 1.165) is 5.69 Å². The van der Waals surface area contributed by atoms with Crippen molar-refractivity contribution in [3.05, 3.63) is 46.8 Å². The Morgan fingerprint density at radius 3 is 2.74 bits per heavy atom. The van der Waals surface area contributed by atoms with Gasteiger partial charge in [-0.3, -0.25) is 14.3 Å². The molecule has 142 valence electrons. The molecule has 0 saturated carbocycles. The van der Waals surface area contributed by atoms with Gasteiger partial charge in [-0.15, -0.1) is 0 Å². The lowest BCUT2D eigenvalue weighted by Crippen LogP contribution is -2.36. The molecular weight excluding hydrogens is 350 g/mol. The standard InChI is InChI=1S/C19H21N3O5/c1-4-26-19(25)17-15-11-22(9-8-16(15)21(3)20-17)18(24)13-6-5-7-14(10-13)27-12(2)23/h5-7,10H,4,8-9,11H2,1-3H3. The van der Waals surface area contributed by atoms with Crippen LogP contribution in [-0.2, 0) is 29.5 Å². The summed E-state index contributed by atoms with van der Waals surface area (Å²) in [7, 11) is 1.78. The van der Waals surface area contributed by atoms with E-state index in [1.54, 1.807) is 41.8 Å². The van der Waals surface area contributed by atoms with E-state index in [1.807, 2.05) is 0 Å². The number of nitrogens with zero attached hydrogens (tertiary/aromatic N) is 3. The van der Waals surface area contributed by atoms with Gasteiger partial charge in [-0.1, -0.05) is 6.07 Å². The zero-order valence-electron chi connectivity index (χ0n) is 15.5. The lowest BCUT2D eigenvalue weighted by atomic mass is 10.0. The van der Waals surface area contributed by atoms with Crippen molar-refractivity contribution in [1.29, 1.82) is 0 Å². The highest BCUT2D eigenvalue weighted by Gasteiger charge is 2.30. The molecule has 0 aliphatic carbocycles. The molecule has 0 atom stereocenters. The average molecular weight is 371 g/mol. The molecule has 2 aromatic rings. The third-order valence-corrected chi connectivity index (χ3v) is 4.34. The summed E-state index contributed by atoms with van der Waals surface area (Å²) >= 11 is 0. The Hall–Kier alpha value is -3.16. The van der Waals surface area contributed by atoms with Crippen LogP contribution in [0.4, 0.5) is 0 Å². The van der Waals surface area contributed by atoms with Gasteiger partial charge in [0.25, 0.3) is 5.91 Å². The Morgan fingerprint density at radius 1 is 1.26 bits per heavy atom. The number of hydrogen-bond acceptors (Lipinski definition) is 6. The third kappa shape index (κ3) is 3.84. The monoisotopic (exact) mass is 371 g/mol. The first kappa shape index (κ1) is 18.6. The Kier molecular flexibility index (Phi) is 5.25. The van der Waals surface area contributed by atoms with Crippen molar-refractivity contribution >= 4 is 17.8 Å². The summed E-state index contributed by atoms with van der Waals surface area (Å²) in [6.45, 7) is 4.08. The van der Waals surface area contributed by atoms with E-state index >= 15 is 0 Å². The fourth-order valence-corrected chi connectivity index (χ4v) is 3.17. The Morgan fingerprint density at radius 2 is 2.04 bits per heavy atom. The van der Waals surface area contributed by atoms with Crippen molar-refractivity contribution < 1.29 is 23.9 Å². The van der Waals surface area contributed by atoms with Crippen LogP contribution in [0.3, 0.4) is 0 Å². The number of ether oxygens (including phenoxy) is 2. The van der Waals surface area contributed by atoms with Crippen molar-refractivity contribution in [2.75, 3.05) is 13.2 Å². The lowest BCUT2D eigenvalue weighted by Gasteiger charge is -2.27. The van der Waals surface area contributed by atoms with Gasteiger partial charge in [0.1, 0.15) is 5.75 Å². The van der Waals surface area contributed by atoms with Crippen LogP contribution in [0.15, 0.2) is 24.3 Å².